The average molecular weight is 249 g/mol. The van der Waals surface area contributed by atoms with Gasteiger partial charge in [-0.05, 0) is 42.9 Å². The predicted octanol–water partition coefficient (Wildman–Crippen LogP) is 3.59. The van der Waals surface area contributed by atoms with Crippen molar-refractivity contribution in [2.75, 3.05) is 16.8 Å². The van der Waals surface area contributed by atoms with E-state index in [1.54, 1.807) is 0 Å². The molecule has 1 atom stereocenters. The lowest BCUT2D eigenvalue weighted by molar-refractivity contribution is 0.0988. The van der Waals surface area contributed by atoms with Gasteiger partial charge >= 0.3 is 0 Å². The minimum absolute atomic E-state index is 0.213. The highest BCUT2D eigenvalue weighted by atomic mass is 32.2. The number of benzene rings is 1. The van der Waals surface area contributed by atoms with Gasteiger partial charge in [0, 0.05) is 29.5 Å². The van der Waals surface area contributed by atoms with Crippen LogP contribution in [0.1, 0.15) is 36.5 Å². The van der Waals surface area contributed by atoms with E-state index in [0.717, 1.165) is 11.3 Å². The van der Waals surface area contributed by atoms with E-state index in [4.69, 9.17) is 0 Å². The van der Waals surface area contributed by atoms with Crippen molar-refractivity contribution in [1.82, 2.24) is 0 Å². The lowest BCUT2D eigenvalue weighted by Gasteiger charge is -2.23. The van der Waals surface area contributed by atoms with E-state index in [9.17, 15) is 4.79 Å². The van der Waals surface area contributed by atoms with Crippen LogP contribution in [0.5, 0.6) is 0 Å². The van der Waals surface area contributed by atoms with Crippen molar-refractivity contribution in [3.05, 3.63) is 29.8 Å². The number of ketones is 1. The van der Waals surface area contributed by atoms with E-state index in [1.165, 1.54) is 24.3 Å². The Morgan fingerprint density at radius 3 is 2.76 bits per heavy atom. The van der Waals surface area contributed by atoms with Crippen LogP contribution >= 0.6 is 11.8 Å². The Morgan fingerprint density at radius 1 is 1.41 bits per heavy atom. The highest BCUT2D eigenvalue weighted by molar-refractivity contribution is 7.99. The molecule has 1 aromatic carbocycles. The topological polar surface area (TPSA) is 29.1 Å². The van der Waals surface area contributed by atoms with Gasteiger partial charge in [0.2, 0.25) is 0 Å². The van der Waals surface area contributed by atoms with Crippen LogP contribution in [0.3, 0.4) is 0 Å². The van der Waals surface area contributed by atoms with Crippen molar-refractivity contribution < 1.29 is 4.79 Å². The number of hydrogen-bond acceptors (Lipinski definition) is 3. The van der Waals surface area contributed by atoms with Crippen LogP contribution in [0, 0.1) is 0 Å². The molecule has 2 rings (SSSR count). The van der Waals surface area contributed by atoms with Gasteiger partial charge < -0.3 is 5.32 Å². The first kappa shape index (κ1) is 12.5. The number of thioether (sulfide) groups is 1. The highest BCUT2D eigenvalue weighted by Gasteiger charge is 2.13. The average Bonchev–Trinajstić information content (AvgIpc) is 2.40. The van der Waals surface area contributed by atoms with Crippen LogP contribution in [0.25, 0.3) is 0 Å². The molecule has 1 N–H and O–H groups in total. The number of carbonyl (C=O) groups is 1. The third-order valence-electron chi connectivity index (χ3n) is 3.06. The molecule has 2 nitrogen and oxygen atoms in total. The van der Waals surface area contributed by atoms with Gasteiger partial charge in [-0.15, -0.1) is 0 Å². The van der Waals surface area contributed by atoms with E-state index < -0.39 is 0 Å². The SMILES string of the molecule is CCC(=O)c1ccc(NC2CCCSC2)cc1. The van der Waals surface area contributed by atoms with Crippen LogP contribution < -0.4 is 5.32 Å². The molecule has 17 heavy (non-hydrogen) atoms. The molecule has 0 aliphatic carbocycles. The second kappa shape index (κ2) is 6.10. The van der Waals surface area contributed by atoms with Gasteiger partial charge in [0.15, 0.2) is 5.78 Å². The second-order valence-electron chi connectivity index (χ2n) is 4.41. The summed E-state index contributed by atoms with van der Waals surface area (Å²) in [5.74, 6) is 2.70. The van der Waals surface area contributed by atoms with Crippen molar-refractivity contribution in [2.24, 2.45) is 0 Å². The molecule has 0 radical (unpaired) electrons. The number of carbonyl (C=O) groups excluding carboxylic acids is 1. The van der Waals surface area contributed by atoms with Crippen LogP contribution in [-0.4, -0.2) is 23.3 Å². The third-order valence-corrected chi connectivity index (χ3v) is 4.27. The quantitative estimate of drug-likeness (QED) is 0.827. The second-order valence-corrected chi connectivity index (χ2v) is 5.56. The van der Waals surface area contributed by atoms with E-state index >= 15 is 0 Å². The summed E-state index contributed by atoms with van der Waals surface area (Å²) in [5.41, 5.74) is 1.95. The fourth-order valence-corrected chi connectivity index (χ4v) is 3.12. The van der Waals surface area contributed by atoms with Gasteiger partial charge in [0.1, 0.15) is 0 Å². The standard InChI is InChI=1S/C14H19NOS/c1-2-14(16)11-5-7-12(8-6-11)15-13-4-3-9-17-10-13/h5-8,13,15H,2-4,9-10H2,1H3. The molecule has 0 aromatic heterocycles. The van der Waals surface area contributed by atoms with E-state index in [-0.39, 0.29) is 5.78 Å². The summed E-state index contributed by atoms with van der Waals surface area (Å²) in [6.07, 6.45) is 3.13. The molecule has 0 amide bonds. The Morgan fingerprint density at radius 2 is 2.18 bits per heavy atom. The molecule has 1 aliphatic heterocycles. The highest BCUT2D eigenvalue weighted by Crippen LogP contribution is 2.21. The Balaban J connectivity index is 1.95. The summed E-state index contributed by atoms with van der Waals surface area (Å²) in [7, 11) is 0. The van der Waals surface area contributed by atoms with Crippen molar-refractivity contribution in [2.45, 2.75) is 32.2 Å². The smallest absolute Gasteiger partial charge is 0.162 e. The first-order valence-electron chi connectivity index (χ1n) is 6.27. The molecule has 1 aromatic rings. The van der Waals surface area contributed by atoms with Crippen molar-refractivity contribution in [3.63, 3.8) is 0 Å². The normalized spacial score (nSPS) is 19.9. The maximum Gasteiger partial charge on any atom is 0.162 e. The zero-order valence-electron chi connectivity index (χ0n) is 10.2. The van der Waals surface area contributed by atoms with Gasteiger partial charge in [-0.2, -0.15) is 11.8 Å². The molecule has 1 fully saturated rings. The van der Waals surface area contributed by atoms with Crippen molar-refractivity contribution in [3.8, 4) is 0 Å². The number of nitrogens with one attached hydrogen (secondary N) is 1. The van der Waals surface area contributed by atoms with Gasteiger partial charge in [-0.25, -0.2) is 0 Å². The molecule has 1 unspecified atom stereocenters. The number of hydrogen-bond donors (Lipinski definition) is 1. The molecular weight excluding hydrogens is 230 g/mol. The Kier molecular flexibility index (Phi) is 4.49. The lowest BCUT2D eigenvalue weighted by Crippen LogP contribution is -2.25. The van der Waals surface area contributed by atoms with E-state index in [1.807, 2.05) is 43.0 Å². The first-order chi connectivity index (χ1) is 8.29. The van der Waals surface area contributed by atoms with Gasteiger partial charge in [-0.1, -0.05) is 6.92 Å². The largest absolute Gasteiger partial charge is 0.381 e. The third kappa shape index (κ3) is 3.50. The molecule has 0 bridgehead atoms. The molecule has 0 spiro atoms. The zero-order chi connectivity index (χ0) is 12.1. The minimum Gasteiger partial charge on any atom is -0.381 e. The summed E-state index contributed by atoms with van der Waals surface area (Å²) in [5, 5.41) is 3.53. The fourth-order valence-electron chi connectivity index (χ4n) is 2.05. The maximum atomic E-state index is 11.5. The molecule has 1 saturated heterocycles. The minimum atomic E-state index is 0.213. The van der Waals surface area contributed by atoms with Gasteiger partial charge in [0.25, 0.3) is 0 Å². The number of rotatable bonds is 4. The summed E-state index contributed by atoms with van der Waals surface area (Å²) in [6.45, 7) is 1.90. The number of anilines is 1. The molecular formula is C14H19NOS. The Hall–Kier alpha value is -0.960. The monoisotopic (exact) mass is 249 g/mol. The van der Waals surface area contributed by atoms with Crippen LogP contribution in [0.15, 0.2) is 24.3 Å². The lowest BCUT2D eigenvalue weighted by atomic mass is 10.1. The van der Waals surface area contributed by atoms with Crippen LogP contribution in [0.4, 0.5) is 5.69 Å². The fraction of sp³-hybridized carbons (Fsp3) is 0.500. The summed E-state index contributed by atoms with van der Waals surface area (Å²) < 4.78 is 0. The summed E-state index contributed by atoms with van der Waals surface area (Å²) >= 11 is 2.02. The molecule has 92 valence electrons. The summed E-state index contributed by atoms with van der Waals surface area (Å²) in [6, 6.07) is 8.46. The Bertz CT molecular complexity index is 368. The van der Waals surface area contributed by atoms with Crippen LogP contribution in [0.2, 0.25) is 0 Å². The zero-order valence-corrected chi connectivity index (χ0v) is 11.1. The Labute approximate surface area is 107 Å². The van der Waals surface area contributed by atoms with Crippen LogP contribution in [-0.2, 0) is 0 Å². The molecule has 0 saturated carbocycles. The van der Waals surface area contributed by atoms with Gasteiger partial charge in [-0.3, -0.25) is 4.79 Å². The molecule has 1 heterocycles. The first-order valence-corrected chi connectivity index (χ1v) is 7.42. The molecule has 3 heteroatoms. The van der Waals surface area contributed by atoms with Crippen molar-refractivity contribution in [1.29, 1.82) is 0 Å². The van der Waals surface area contributed by atoms with Gasteiger partial charge in [0.05, 0.1) is 0 Å². The van der Waals surface area contributed by atoms with E-state index in [0.29, 0.717) is 12.5 Å². The van der Waals surface area contributed by atoms with Crippen molar-refractivity contribution >= 4 is 23.2 Å². The number of Topliss-reactive ketones (excluding diaryl/α,β-unsaturated/α-hetero) is 1. The maximum absolute atomic E-state index is 11.5. The van der Waals surface area contributed by atoms with E-state index in [2.05, 4.69) is 5.32 Å². The summed E-state index contributed by atoms with van der Waals surface area (Å²) in [4.78, 5) is 11.5. The molecule has 1 aliphatic rings. The predicted molar refractivity (Wildman–Crippen MR) is 75.0 cm³/mol.